The first kappa shape index (κ1) is 9.46. The molecule has 1 heterocycles. The Bertz CT molecular complexity index is 317. The minimum Gasteiger partial charge on any atom is -0.445 e. The van der Waals surface area contributed by atoms with Crippen molar-refractivity contribution >= 4 is 0 Å². The normalized spacial score (nSPS) is 21.4. The minimum atomic E-state index is 0.496. The van der Waals surface area contributed by atoms with Crippen LogP contribution in [0.3, 0.4) is 0 Å². The molecule has 1 aliphatic carbocycles. The van der Waals surface area contributed by atoms with Gasteiger partial charge < -0.3 is 9.73 Å². The van der Waals surface area contributed by atoms with E-state index in [2.05, 4.69) is 22.5 Å². The third kappa shape index (κ3) is 2.45. The monoisotopic (exact) mass is 192 g/mol. The molecule has 2 rings (SSSR count). The van der Waals surface area contributed by atoms with Gasteiger partial charge in [0.15, 0.2) is 0 Å². The van der Waals surface area contributed by atoms with Crippen LogP contribution in [0.5, 0.6) is 0 Å². The predicted octanol–water partition coefficient (Wildman–Crippen LogP) is 2.18. The Morgan fingerprint density at radius 2 is 2.57 bits per heavy atom. The van der Waals surface area contributed by atoms with Crippen LogP contribution < -0.4 is 5.32 Å². The predicted molar refractivity (Wildman–Crippen MR) is 54.9 cm³/mol. The van der Waals surface area contributed by atoms with Gasteiger partial charge in [-0.15, -0.1) is 0 Å². The summed E-state index contributed by atoms with van der Waals surface area (Å²) in [5, 5.41) is 3.41. The second kappa shape index (κ2) is 4.42. The molecule has 0 spiro atoms. The molecule has 3 heteroatoms. The van der Waals surface area contributed by atoms with E-state index in [1.807, 2.05) is 6.92 Å². The number of nitrogens with zero attached hydrogens (tertiary/aromatic N) is 1. The second-order valence-corrected chi connectivity index (χ2v) is 3.71. The summed E-state index contributed by atoms with van der Waals surface area (Å²) in [6.45, 7) is 2.64. The lowest BCUT2D eigenvalue weighted by atomic mass is 10.0. The Morgan fingerprint density at radius 1 is 1.64 bits per heavy atom. The summed E-state index contributed by atoms with van der Waals surface area (Å²) in [5.41, 5.74) is 0. The SMILES string of the molecule is Cc1cnc(CNC2C=CCCC2)o1. The van der Waals surface area contributed by atoms with Crippen LogP contribution in [-0.2, 0) is 6.54 Å². The quantitative estimate of drug-likeness (QED) is 0.746. The summed E-state index contributed by atoms with van der Waals surface area (Å²) >= 11 is 0. The minimum absolute atomic E-state index is 0.496. The summed E-state index contributed by atoms with van der Waals surface area (Å²) in [6.07, 6.45) is 9.94. The van der Waals surface area contributed by atoms with Crippen molar-refractivity contribution in [1.29, 1.82) is 0 Å². The lowest BCUT2D eigenvalue weighted by Crippen LogP contribution is -2.27. The molecule has 0 aliphatic heterocycles. The first-order valence-corrected chi connectivity index (χ1v) is 5.16. The maximum absolute atomic E-state index is 5.38. The summed E-state index contributed by atoms with van der Waals surface area (Å²) in [7, 11) is 0. The zero-order valence-electron chi connectivity index (χ0n) is 8.49. The largest absolute Gasteiger partial charge is 0.445 e. The Balaban J connectivity index is 1.82. The van der Waals surface area contributed by atoms with Crippen molar-refractivity contribution in [2.75, 3.05) is 0 Å². The number of nitrogens with one attached hydrogen (secondary N) is 1. The molecule has 0 bridgehead atoms. The van der Waals surface area contributed by atoms with E-state index in [1.54, 1.807) is 6.20 Å². The molecule has 76 valence electrons. The van der Waals surface area contributed by atoms with E-state index in [4.69, 9.17) is 4.42 Å². The Morgan fingerprint density at radius 3 is 3.21 bits per heavy atom. The molecule has 0 radical (unpaired) electrons. The van der Waals surface area contributed by atoms with Crippen LogP contribution in [0, 0.1) is 6.92 Å². The Kier molecular flexibility index (Phi) is 2.99. The van der Waals surface area contributed by atoms with Gasteiger partial charge in [-0.3, -0.25) is 0 Å². The molecule has 0 saturated carbocycles. The summed E-state index contributed by atoms with van der Waals surface area (Å²) in [6, 6.07) is 0.496. The number of aryl methyl sites for hydroxylation is 1. The van der Waals surface area contributed by atoms with Crippen molar-refractivity contribution in [2.45, 2.75) is 38.8 Å². The summed E-state index contributed by atoms with van der Waals surface area (Å²) in [4.78, 5) is 4.15. The van der Waals surface area contributed by atoms with E-state index in [0.717, 1.165) is 18.2 Å². The highest BCUT2D eigenvalue weighted by Crippen LogP contribution is 2.10. The fourth-order valence-electron chi connectivity index (χ4n) is 1.68. The van der Waals surface area contributed by atoms with E-state index < -0.39 is 0 Å². The molecule has 1 aromatic rings. The van der Waals surface area contributed by atoms with Crippen molar-refractivity contribution in [3.8, 4) is 0 Å². The van der Waals surface area contributed by atoms with Crippen molar-refractivity contribution in [1.82, 2.24) is 10.3 Å². The molecule has 1 N–H and O–H groups in total. The van der Waals surface area contributed by atoms with E-state index in [-0.39, 0.29) is 0 Å². The fraction of sp³-hybridized carbons (Fsp3) is 0.545. The number of oxazole rings is 1. The standard InChI is InChI=1S/C11H16N2O/c1-9-7-13-11(14-9)8-12-10-5-3-2-4-6-10/h3,5,7,10,12H,2,4,6,8H2,1H3. The fourth-order valence-corrected chi connectivity index (χ4v) is 1.68. The zero-order valence-corrected chi connectivity index (χ0v) is 8.49. The van der Waals surface area contributed by atoms with E-state index in [0.29, 0.717) is 6.04 Å². The molecular formula is C11H16N2O. The molecular weight excluding hydrogens is 176 g/mol. The van der Waals surface area contributed by atoms with Gasteiger partial charge in [0.1, 0.15) is 5.76 Å². The number of rotatable bonds is 3. The molecule has 1 aromatic heterocycles. The van der Waals surface area contributed by atoms with Crippen LogP contribution in [0.25, 0.3) is 0 Å². The molecule has 1 atom stereocenters. The molecule has 1 unspecified atom stereocenters. The second-order valence-electron chi connectivity index (χ2n) is 3.71. The van der Waals surface area contributed by atoms with Gasteiger partial charge in [-0.05, 0) is 26.2 Å². The number of hydrogen-bond acceptors (Lipinski definition) is 3. The van der Waals surface area contributed by atoms with Crippen molar-refractivity contribution in [2.24, 2.45) is 0 Å². The first-order valence-electron chi connectivity index (χ1n) is 5.16. The number of hydrogen-bond donors (Lipinski definition) is 1. The van der Waals surface area contributed by atoms with E-state index >= 15 is 0 Å². The number of aromatic nitrogens is 1. The Labute approximate surface area is 84.2 Å². The molecule has 0 aromatic carbocycles. The van der Waals surface area contributed by atoms with Gasteiger partial charge in [0, 0.05) is 6.04 Å². The van der Waals surface area contributed by atoms with Crippen LogP contribution >= 0.6 is 0 Å². The third-order valence-corrected chi connectivity index (χ3v) is 2.44. The van der Waals surface area contributed by atoms with Crippen LogP contribution in [-0.4, -0.2) is 11.0 Å². The molecule has 3 nitrogen and oxygen atoms in total. The maximum Gasteiger partial charge on any atom is 0.208 e. The van der Waals surface area contributed by atoms with Crippen molar-refractivity contribution in [3.63, 3.8) is 0 Å². The highest BCUT2D eigenvalue weighted by Gasteiger charge is 2.08. The van der Waals surface area contributed by atoms with Gasteiger partial charge in [-0.2, -0.15) is 0 Å². The molecule has 0 amide bonds. The average Bonchev–Trinajstić information content (AvgIpc) is 2.63. The topological polar surface area (TPSA) is 38.1 Å². The van der Waals surface area contributed by atoms with Gasteiger partial charge in [0.2, 0.25) is 5.89 Å². The summed E-state index contributed by atoms with van der Waals surface area (Å²) < 4.78 is 5.38. The van der Waals surface area contributed by atoms with Gasteiger partial charge in [0.25, 0.3) is 0 Å². The van der Waals surface area contributed by atoms with Crippen LogP contribution in [0.15, 0.2) is 22.8 Å². The lowest BCUT2D eigenvalue weighted by molar-refractivity contribution is 0.426. The van der Waals surface area contributed by atoms with Gasteiger partial charge in [-0.1, -0.05) is 12.2 Å². The maximum atomic E-state index is 5.38. The molecule has 0 fully saturated rings. The smallest absolute Gasteiger partial charge is 0.208 e. The Hall–Kier alpha value is -1.09. The molecule has 1 aliphatic rings. The third-order valence-electron chi connectivity index (χ3n) is 2.44. The van der Waals surface area contributed by atoms with Gasteiger partial charge in [0.05, 0.1) is 12.7 Å². The molecule has 14 heavy (non-hydrogen) atoms. The van der Waals surface area contributed by atoms with Crippen molar-refractivity contribution in [3.05, 3.63) is 30.0 Å². The van der Waals surface area contributed by atoms with E-state index in [9.17, 15) is 0 Å². The number of allylic oxidation sites excluding steroid dienone is 1. The van der Waals surface area contributed by atoms with Crippen LogP contribution in [0.4, 0.5) is 0 Å². The van der Waals surface area contributed by atoms with Crippen molar-refractivity contribution < 1.29 is 4.42 Å². The highest BCUT2D eigenvalue weighted by atomic mass is 16.4. The van der Waals surface area contributed by atoms with Crippen LogP contribution in [0.2, 0.25) is 0 Å². The highest BCUT2D eigenvalue weighted by molar-refractivity contribution is 4.98. The van der Waals surface area contributed by atoms with E-state index in [1.165, 1.54) is 19.3 Å². The molecule has 0 saturated heterocycles. The lowest BCUT2D eigenvalue weighted by Gasteiger charge is -2.16. The van der Waals surface area contributed by atoms with Crippen LogP contribution in [0.1, 0.15) is 30.9 Å². The average molecular weight is 192 g/mol. The van der Waals surface area contributed by atoms with Gasteiger partial charge in [-0.25, -0.2) is 4.98 Å². The summed E-state index contributed by atoms with van der Waals surface area (Å²) in [5.74, 6) is 1.66. The zero-order chi connectivity index (χ0) is 9.80. The van der Waals surface area contributed by atoms with Gasteiger partial charge >= 0.3 is 0 Å². The first-order chi connectivity index (χ1) is 6.84.